The standard InChI is InChI=1S/C12H18NO2.BrH/c1-3-15-12(14)5-4-8-13-9-6-11(2)7-10-13;/h6-7,9-10H,3-5,8H2,1-2H3;1H/q+1;/p-1. The van der Waals surface area contributed by atoms with Crippen molar-refractivity contribution in [1.82, 2.24) is 0 Å². The Morgan fingerprint density at radius 3 is 2.56 bits per heavy atom. The van der Waals surface area contributed by atoms with Crippen LogP contribution in [0.2, 0.25) is 0 Å². The molecule has 0 fully saturated rings. The van der Waals surface area contributed by atoms with E-state index in [0.717, 1.165) is 13.0 Å². The highest BCUT2D eigenvalue weighted by Gasteiger charge is 2.04. The van der Waals surface area contributed by atoms with E-state index in [4.69, 9.17) is 4.74 Å². The number of ether oxygens (including phenoxy) is 1. The van der Waals surface area contributed by atoms with Gasteiger partial charge in [-0.05, 0) is 19.4 Å². The molecule has 90 valence electrons. The van der Waals surface area contributed by atoms with Crippen LogP contribution in [0.15, 0.2) is 24.5 Å². The molecule has 0 N–H and O–H groups in total. The number of halogens is 1. The molecular formula is C12H18BrNO2. The molecule has 0 aromatic carbocycles. The van der Waals surface area contributed by atoms with Crippen LogP contribution in [-0.4, -0.2) is 12.6 Å². The smallest absolute Gasteiger partial charge is 0.306 e. The van der Waals surface area contributed by atoms with Crippen LogP contribution in [0.3, 0.4) is 0 Å². The molecule has 0 aliphatic rings. The van der Waals surface area contributed by atoms with E-state index in [-0.39, 0.29) is 23.0 Å². The first-order valence-corrected chi connectivity index (χ1v) is 5.33. The van der Waals surface area contributed by atoms with Gasteiger partial charge in [-0.15, -0.1) is 0 Å². The Morgan fingerprint density at radius 2 is 2.00 bits per heavy atom. The molecule has 0 radical (unpaired) electrons. The maximum absolute atomic E-state index is 11.1. The van der Waals surface area contributed by atoms with E-state index < -0.39 is 0 Å². The van der Waals surface area contributed by atoms with Gasteiger partial charge in [0.25, 0.3) is 0 Å². The van der Waals surface area contributed by atoms with Crippen LogP contribution in [0.5, 0.6) is 0 Å². The van der Waals surface area contributed by atoms with Crippen LogP contribution in [0, 0.1) is 6.92 Å². The first kappa shape index (κ1) is 15.1. The zero-order valence-electron chi connectivity index (χ0n) is 9.78. The van der Waals surface area contributed by atoms with Crippen LogP contribution < -0.4 is 21.5 Å². The highest BCUT2D eigenvalue weighted by molar-refractivity contribution is 5.69. The van der Waals surface area contributed by atoms with E-state index in [1.807, 2.05) is 19.3 Å². The Morgan fingerprint density at radius 1 is 1.38 bits per heavy atom. The molecular weight excluding hydrogens is 270 g/mol. The van der Waals surface area contributed by atoms with Crippen molar-refractivity contribution in [3.05, 3.63) is 30.1 Å². The number of hydrogen-bond acceptors (Lipinski definition) is 2. The van der Waals surface area contributed by atoms with E-state index in [0.29, 0.717) is 13.0 Å². The zero-order valence-corrected chi connectivity index (χ0v) is 11.4. The molecule has 0 aliphatic heterocycles. The average molecular weight is 288 g/mol. The lowest BCUT2D eigenvalue weighted by Gasteiger charge is -1.99. The Hall–Kier alpha value is -0.900. The fourth-order valence-corrected chi connectivity index (χ4v) is 1.32. The summed E-state index contributed by atoms with van der Waals surface area (Å²) in [6.45, 7) is 5.21. The van der Waals surface area contributed by atoms with E-state index in [9.17, 15) is 4.79 Å². The quantitative estimate of drug-likeness (QED) is 0.494. The molecule has 0 atom stereocenters. The summed E-state index contributed by atoms with van der Waals surface area (Å²) in [6.07, 6.45) is 5.38. The highest BCUT2D eigenvalue weighted by Crippen LogP contribution is 1.94. The third kappa shape index (κ3) is 5.85. The summed E-state index contributed by atoms with van der Waals surface area (Å²) in [6, 6.07) is 4.12. The van der Waals surface area contributed by atoms with E-state index in [2.05, 4.69) is 23.6 Å². The number of carbonyl (C=O) groups is 1. The molecule has 16 heavy (non-hydrogen) atoms. The number of nitrogens with zero attached hydrogens (tertiary/aromatic N) is 1. The van der Waals surface area contributed by atoms with Gasteiger partial charge in [-0.25, -0.2) is 4.57 Å². The van der Waals surface area contributed by atoms with Gasteiger partial charge in [0, 0.05) is 18.6 Å². The molecule has 1 aromatic heterocycles. The second kappa shape index (κ2) is 8.28. The summed E-state index contributed by atoms with van der Waals surface area (Å²) in [5.74, 6) is -0.106. The molecule has 0 unspecified atom stereocenters. The Bertz CT molecular complexity index is 311. The van der Waals surface area contributed by atoms with Gasteiger partial charge in [0.2, 0.25) is 0 Å². The van der Waals surface area contributed by atoms with Crippen molar-refractivity contribution in [2.75, 3.05) is 6.61 Å². The number of hydrogen-bond donors (Lipinski definition) is 0. The lowest BCUT2D eigenvalue weighted by Crippen LogP contribution is -3.00. The van der Waals surface area contributed by atoms with Crippen molar-refractivity contribution in [3.63, 3.8) is 0 Å². The van der Waals surface area contributed by atoms with Crippen molar-refractivity contribution in [3.8, 4) is 0 Å². The largest absolute Gasteiger partial charge is 1.00 e. The Kier molecular flexibility index (Phi) is 7.81. The SMILES string of the molecule is CCOC(=O)CCC[n+]1ccc(C)cc1.[Br-]. The van der Waals surface area contributed by atoms with Gasteiger partial charge in [-0.2, -0.15) is 0 Å². The van der Waals surface area contributed by atoms with Crippen molar-refractivity contribution in [2.45, 2.75) is 33.2 Å². The Labute approximate surface area is 107 Å². The lowest BCUT2D eigenvalue weighted by atomic mass is 10.3. The van der Waals surface area contributed by atoms with Gasteiger partial charge in [-0.1, -0.05) is 0 Å². The van der Waals surface area contributed by atoms with E-state index in [1.54, 1.807) is 0 Å². The van der Waals surface area contributed by atoms with Crippen molar-refractivity contribution in [1.29, 1.82) is 0 Å². The predicted octanol–water partition coefficient (Wildman–Crippen LogP) is -1.37. The van der Waals surface area contributed by atoms with Crippen molar-refractivity contribution < 1.29 is 31.1 Å². The van der Waals surface area contributed by atoms with Gasteiger partial charge in [0.15, 0.2) is 12.4 Å². The molecule has 0 bridgehead atoms. The third-order valence-corrected chi connectivity index (χ3v) is 2.16. The fraction of sp³-hybridized carbons (Fsp3) is 0.500. The summed E-state index contributed by atoms with van der Waals surface area (Å²) in [5.41, 5.74) is 1.25. The first-order valence-electron chi connectivity index (χ1n) is 5.33. The minimum absolute atomic E-state index is 0. The molecule has 0 amide bonds. The van der Waals surface area contributed by atoms with Gasteiger partial charge in [0.05, 0.1) is 13.0 Å². The molecule has 0 saturated heterocycles. The maximum Gasteiger partial charge on any atom is 0.306 e. The van der Waals surface area contributed by atoms with Crippen LogP contribution in [0.4, 0.5) is 0 Å². The number of esters is 1. The number of carbonyl (C=O) groups excluding carboxylic acids is 1. The highest BCUT2D eigenvalue weighted by atomic mass is 79.9. The molecule has 4 heteroatoms. The molecule has 0 spiro atoms. The van der Waals surface area contributed by atoms with Gasteiger partial charge < -0.3 is 21.7 Å². The number of rotatable bonds is 5. The summed E-state index contributed by atoms with van der Waals surface area (Å²) >= 11 is 0. The summed E-state index contributed by atoms with van der Waals surface area (Å²) in [4.78, 5) is 11.1. The van der Waals surface area contributed by atoms with Crippen molar-refractivity contribution >= 4 is 5.97 Å². The third-order valence-electron chi connectivity index (χ3n) is 2.16. The van der Waals surface area contributed by atoms with Crippen LogP contribution in [0.1, 0.15) is 25.3 Å². The van der Waals surface area contributed by atoms with E-state index >= 15 is 0 Å². The normalized spacial score (nSPS) is 9.38. The number of aryl methyl sites for hydroxylation is 2. The molecule has 0 saturated carbocycles. The Balaban J connectivity index is 0.00000225. The van der Waals surface area contributed by atoms with Gasteiger partial charge >= 0.3 is 5.97 Å². The summed E-state index contributed by atoms with van der Waals surface area (Å²) in [7, 11) is 0. The summed E-state index contributed by atoms with van der Waals surface area (Å²) < 4.78 is 6.93. The minimum atomic E-state index is -0.106. The molecule has 1 aromatic rings. The fourth-order valence-electron chi connectivity index (χ4n) is 1.32. The average Bonchev–Trinajstić information content (AvgIpc) is 2.21. The lowest BCUT2D eigenvalue weighted by molar-refractivity contribution is -0.697. The summed E-state index contributed by atoms with van der Waals surface area (Å²) in [5, 5.41) is 0. The van der Waals surface area contributed by atoms with Gasteiger partial charge in [0.1, 0.15) is 6.54 Å². The topological polar surface area (TPSA) is 30.2 Å². The molecule has 0 aliphatic carbocycles. The van der Waals surface area contributed by atoms with Crippen LogP contribution in [-0.2, 0) is 16.1 Å². The van der Waals surface area contributed by atoms with Gasteiger partial charge in [-0.3, -0.25) is 4.79 Å². The maximum atomic E-state index is 11.1. The first-order chi connectivity index (χ1) is 7.22. The van der Waals surface area contributed by atoms with Crippen LogP contribution in [0.25, 0.3) is 0 Å². The minimum Gasteiger partial charge on any atom is -1.00 e. The molecule has 1 heterocycles. The molecule has 3 nitrogen and oxygen atoms in total. The zero-order chi connectivity index (χ0) is 11.1. The van der Waals surface area contributed by atoms with E-state index in [1.165, 1.54) is 5.56 Å². The number of aromatic nitrogens is 1. The van der Waals surface area contributed by atoms with Crippen LogP contribution >= 0.6 is 0 Å². The molecule has 1 rings (SSSR count). The number of pyridine rings is 1. The second-order valence-corrected chi connectivity index (χ2v) is 3.52. The predicted molar refractivity (Wildman–Crippen MR) is 57.2 cm³/mol. The van der Waals surface area contributed by atoms with Crippen molar-refractivity contribution in [2.24, 2.45) is 0 Å². The second-order valence-electron chi connectivity index (χ2n) is 3.52. The monoisotopic (exact) mass is 287 g/mol.